The number of aromatic nitrogens is 2. The number of benzene rings is 1. The van der Waals surface area contributed by atoms with Crippen LogP contribution in [0.1, 0.15) is 21.0 Å². The number of thiazole rings is 1. The smallest absolute Gasteiger partial charge is 0.134 e. The van der Waals surface area contributed by atoms with Gasteiger partial charge in [-0.2, -0.15) is 0 Å². The Morgan fingerprint density at radius 1 is 1.22 bits per heavy atom. The van der Waals surface area contributed by atoms with Gasteiger partial charge in [-0.15, -0.1) is 11.3 Å². The Labute approximate surface area is 146 Å². The van der Waals surface area contributed by atoms with Gasteiger partial charge in [0.05, 0.1) is 10.5 Å². The zero-order chi connectivity index (χ0) is 16.4. The van der Waals surface area contributed by atoms with Crippen LogP contribution in [0.4, 0.5) is 0 Å². The van der Waals surface area contributed by atoms with E-state index in [9.17, 15) is 0 Å². The highest BCUT2D eigenvalue weighted by atomic mass is 35.5. The van der Waals surface area contributed by atoms with Gasteiger partial charge in [-0.1, -0.05) is 23.7 Å². The third-order valence-electron chi connectivity index (χ3n) is 3.82. The Morgan fingerprint density at radius 2 is 2.04 bits per heavy atom. The molecule has 23 heavy (non-hydrogen) atoms. The van der Waals surface area contributed by atoms with Crippen molar-refractivity contribution in [2.24, 2.45) is 0 Å². The van der Waals surface area contributed by atoms with Gasteiger partial charge in [-0.25, -0.2) is 9.97 Å². The zero-order valence-electron chi connectivity index (χ0n) is 13.6. The summed E-state index contributed by atoms with van der Waals surface area (Å²) in [5.41, 5.74) is 3.23. The summed E-state index contributed by atoms with van der Waals surface area (Å²) in [6, 6.07) is 8.43. The highest BCUT2D eigenvalue weighted by molar-refractivity contribution is 7.11. The summed E-state index contributed by atoms with van der Waals surface area (Å²) < 4.78 is 0. The molecule has 0 unspecified atom stereocenters. The molecule has 3 aromatic rings. The maximum atomic E-state index is 6.37. The molecule has 120 valence electrons. The van der Waals surface area contributed by atoms with Gasteiger partial charge in [0.1, 0.15) is 5.15 Å². The molecule has 0 bridgehead atoms. The molecule has 0 aliphatic rings. The molecule has 0 amide bonds. The predicted molar refractivity (Wildman–Crippen MR) is 98.4 cm³/mol. The first-order valence-electron chi connectivity index (χ1n) is 7.67. The molecular formula is C18H20ClN3S. The number of likely N-dealkylation sites (N-methyl/N-ethyl adjacent to an activating group) is 1. The van der Waals surface area contributed by atoms with Gasteiger partial charge in [-0.3, -0.25) is 0 Å². The molecule has 0 spiro atoms. The van der Waals surface area contributed by atoms with E-state index in [0.717, 1.165) is 36.0 Å². The van der Waals surface area contributed by atoms with Crippen molar-refractivity contribution in [3.63, 3.8) is 0 Å². The molecule has 0 saturated carbocycles. The molecule has 0 aliphatic heterocycles. The first-order valence-corrected chi connectivity index (χ1v) is 8.86. The fourth-order valence-corrected chi connectivity index (χ4v) is 3.56. The van der Waals surface area contributed by atoms with E-state index in [4.69, 9.17) is 11.6 Å². The first kappa shape index (κ1) is 16.4. The van der Waals surface area contributed by atoms with E-state index < -0.39 is 0 Å². The van der Waals surface area contributed by atoms with Gasteiger partial charge in [0.15, 0.2) is 0 Å². The van der Waals surface area contributed by atoms with Gasteiger partial charge in [0, 0.05) is 41.5 Å². The second-order valence-electron chi connectivity index (χ2n) is 5.99. The van der Waals surface area contributed by atoms with Crippen molar-refractivity contribution in [1.29, 1.82) is 0 Å². The standard InChI is InChI=1S/C18H20ClN3S/c1-12-4-5-14-9-15(18(19)21-16(14)8-12)11-22(3)7-6-17-20-10-13(2)23-17/h4-5,8-10H,6-7,11H2,1-3H3. The number of fused-ring (bicyclic) bond motifs is 1. The van der Waals surface area contributed by atoms with Crippen LogP contribution < -0.4 is 0 Å². The van der Waals surface area contributed by atoms with Crippen LogP contribution in [0, 0.1) is 13.8 Å². The highest BCUT2D eigenvalue weighted by Gasteiger charge is 2.09. The Kier molecular flexibility index (Phi) is 4.95. The van der Waals surface area contributed by atoms with Crippen LogP contribution in [0.2, 0.25) is 5.15 Å². The summed E-state index contributed by atoms with van der Waals surface area (Å²) in [6.45, 7) is 5.90. The van der Waals surface area contributed by atoms with Crippen LogP contribution in [0.5, 0.6) is 0 Å². The Balaban J connectivity index is 1.70. The lowest BCUT2D eigenvalue weighted by atomic mass is 10.1. The second-order valence-corrected chi connectivity index (χ2v) is 7.66. The fraction of sp³-hybridized carbons (Fsp3) is 0.333. The van der Waals surface area contributed by atoms with Crippen LogP contribution in [0.3, 0.4) is 0 Å². The maximum Gasteiger partial charge on any atom is 0.134 e. The molecule has 0 atom stereocenters. The number of hydrogen-bond donors (Lipinski definition) is 0. The Morgan fingerprint density at radius 3 is 2.78 bits per heavy atom. The van der Waals surface area contributed by atoms with Crippen LogP contribution in [-0.2, 0) is 13.0 Å². The average Bonchev–Trinajstić information content (AvgIpc) is 2.92. The molecule has 1 aromatic carbocycles. The molecular weight excluding hydrogens is 326 g/mol. The van der Waals surface area contributed by atoms with E-state index in [1.807, 2.05) is 6.20 Å². The minimum atomic E-state index is 0.597. The molecule has 0 fully saturated rings. The van der Waals surface area contributed by atoms with Crippen LogP contribution in [0.25, 0.3) is 10.9 Å². The van der Waals surface area contributed by atoms with E-state index in [1.165, 1.54) is 15.4 Å². The number of pyridine rings is 1. The molecule has 0 aliphatic carbocycles. The second kappa shape index (κ2) is 6.95. The van der Waals surface area contributed by atoms with Crippen molar-refractivity contribution in [2.75, 3.05) is 13.6 Å². The summed E-state index contributed by atoms with van der Waals surface area (Å²) in [7, 11) is 2.11. The zero-order valence-corrected chi connectivity index (χ0v) is 15.2. The van der Waals surface area contributed by atoms with E-state index in [0.29, 0.717) is 5.15 Å². The van der Waals surface area contributed by atoms with E-state index in [2.05, 4.69) is 60.0 Å². The number of nitrogens with zero attached hydrogens (tertiary/aromatic N) is 3. The topological polar surface area (TPSA) is 29.0 Å². The lowest BCUT2D eigenvalue weighted by Gasteiger charge is -2.17. The van der Waals surface area contributed by atoms with Crippen molar-refractivity contribution in [3.05, 3.63) is 56.6 Å². The number of halogens is 1. The molecule has 3 rings (SSSR count). The van der Waals surface area contributed by atoms with Crippen molar-refractivity contribution in [3.8, 4) is 0 Å². The number of rotatable bonds is 5. The Bertz CT molecular complexity index is 828. The molecule has 5 heteroatoms. The summed E-state index contributed by atoms with van der Waals surface area (Å²) >= 11 is 8.14. The van der Waals surface area contributed by atoms with Gasteiger partial charge in [0.25, 0.3) is 0 Å². The van der Waals surface area contributed by atoms with Gasteiger partial charge in [0.2, 0.25) is 0 Å². The predicted octanol–water partition coefficient (Wildman–Crippen LogP) is 4.64. The quantitative estimate of drug-likeness (QED) is 0.631. The third kappa shape index (κ3) is 4.08. The number of aryl methyl sites for hydroxylation is 2. The van der Waals surface area contributed by atoms with Crippen molar-refractivity contribution in [1.82, 2.24) is 14.9 Å². The highest BCUT2D eigenvalue weighted by Crippen LogP contribution is 2.22. The molecule has 0 saturated heterocycles. The largest absolute Gasteiger partial charge is 0.302 e. The summed E-state index contributed by atoms with van der Waals surface area (Å²) in [4.78, 5) is 12.5. The van der Waals surface area contributed by atoms with Gasteiger partial charge < -0.3 is 4.90 Å². The maximum absolute atomic E-state index is 6.37. The molecule has 3 nitrogen and oxygen atoms in total. The molecule has 0 N–H and O–H groups in total. The van der Waals surface area contributed by atoms with E-state index in [1.54, 1.807) is 11.3 Å². The van der Waals surface area contributed by atoms with Crippen molar-refractivity contribution >= 4 is 33.8 Å². The van der Waals surface area contributed by atoms with Crippen LogP contribution in [0.15, 0.2) is 30.5 Å². The monoisotopic (exact) mass is 345 g/mol. The minimum Gasteiger partial charge on any atom is -0.302 e. The lowest BCUT2D eigenvalue weighted by Crippen LogP contribution is -2.21. The first-order chi connectivity index (χ1) is 11.0. The van der Waals surface area contributed by atoms with Crippen molar-refractivity contribution < 1.29 is 0 Å². The van der Waals surface area contributed by atoms with Crippen LogP contribution >= 0.6 is 22.9 Å². The lowest BCUT2D eigenvalue weighted by molar-refractivity contribution is 0.331. The van der Waals surface area contributed by atoms with E-state index in [-0.39, 0.29) is 0 Å². The van der Waals surface area contributed by atoms with Crippen LogP contribution in [-0.4, -0.2) is 28.5 Å². The van der Waals surface area contributed by atoms with E-state index >= 15 is 0 Å². The third-order valence-corrected chi connectivity index (χ3v) is 5.12. The normalized spacial score (nSPS) is 11.5. The summed E-state index contributed by atoms with van der Waals surface area (Å²) in [5.74, 6) is 0. The summed E-state index contributed by atoms with van der Waals surface area (Å²) in [5, 5.41) is 2.92. The van der Waals surface area contributed by atoms with Crippen molar-refractivity contribution in [2.45, 2.75) is 26.8 Å². The average molecular weight is 346 g/mol. The van der Waals surface area contributed by atoms with Gasteiger partial charge >= 0.3 is 0 Å². The molecule has 0 radical (unpaired) electrons. The minimum absolute atomic E-state index is 0.597. The number of hydrogen-bond acceptors (Lipinski definition) is 4. The molecule has 2 aromatic heterocycles. The summed E-state index contributed by atoms with van der Waals surface area (Å²) in [6.07, 6.45) is 2.90. The Hall–Kier alpha value is -1.49. The van der Waals surface area contributed by atoms with Gasteiger partial charge in [-0.05, 0) is 38.6 Å². The fourth-order valence-electron chi connectivity index (χ4n) is 2.58. The SMILES string of the molecule is Cc1ccc2cc(CN(C)CCc3ncc(C)s3)c(Cl)nc2c1. The molecule has 2 heterocycles.